The van der Waals surface area contributed by atoms with Crippen molar-refractivity contribution in [2.75, 3.05) is 27.7 Å². The van der Waals surface area contributed by atoms with E-state index in [1.54, 1.807) is 6.20 Å². The summed E-state index contributed by atoms with van der Waals surface area (Å²) in [5, 5.41) is 0. The number of hydrogen-bond donors (Lipinski definition) is 0. The number of ether oxygens (including phenoxy) is 1. The third-order valence-electron chi connectivity index (χ3n) is 3.42. The molecule has 98 valence electrons. The lowest BCUT2D eigenvalue weighted by atomic mass is 10.1. The number of pyridine rings is 1. The highest BCUT2D eigenvalue weighted by Crippen LogP contribution is 2.24. The quantitative estimate of drug-likeness (QED) is 0.754. The van der Waals surface area contributed by atoms with Gasteiger partial charge in [-0.05, 0) is 33.2 Å². The largest absolute Gasteiger partial charge is 0.470 e. The van der Waals surface area contributed by atoms with E-state index in [0.29, 0.717) is 11.9 Å². The van der Waals surface area contributed by atoms with Crippen molar-refractivity contribution in [3.8, 4) is 5.88 Å². The summed E-state index contributed by atoms with van der Waals surface area (Å²) in [5.74, 6) is 0.644. The summed E-state index contributed by atoms with van der Waals surface area (Å²) >= 11 is 5.47. The number of thiocarbonyl (C=S) groups is 1. The second-order valence-corrected chi connectivity index (χ2v) is 5.29. The molecule has 18 heavy (non-hydrogen) atoms. The maximum Gasteiger partial charge on any atom is 0.224 e. The van der Waals surface area contributed by atoms with E-state index in [0.717, 1.165) is 17.1 Å². The van der Waals surface area contributed by atoms with E-state index in [-0.39, 0.29) is 6.10 Å². The normalized spacial score (nSPS) is 21.3. The Hall–Kier alpha value is -1.20. The smallest absolute Gasteiger partial charge is 0.224 e. The fraction of sp³-hybridized carbons (Fsp3) is 0.538. The molecule has 1 aromatic heterocycles. The minimum atomic E-state index is 0.0547. The van der Waals surface area contributed by atoms with Gasteiger partial charge in [-0.15, -0.1) is 0 Å². The van der Waals surface area contributed by atoms with Crippen LogP contribution in [0.5, 0.6) is 5.88 Å². The zero-order valence-corrected chi connectivity index (χ0v) is 12.1. The number of fused-ring (bicyclic) bond motifs is 1. The van der Waals surface area contributed by atoms with Crippen LogP contribution in [0, 0.1) is 0 Å². The van der Waals surface area contributed by atoms with Crippen LogP contribution in [0.15, 0.2) is 18.3 Å². The summed E-state index contributed by atoms with van der Waals surface area (Å²) in [6.07, 6.45) is 1.79. The van der Waals surface area contributed by atoms with Crippen LogP contribution in [-0.4, -0.2) is 59.6 Å². The molecule has 0 bridgehead atoms. The van der Waals surface area contributed by atoms with Gasteiger partial charge in [-0.1, -0.05) is 12.2 Å². The average Bonchev–Trinajstić information content (AvgIpc) is 2.47. The van der Waals surface area contributed by atoms with Crippen LogP contribution < -0.4 is 4.74 Å². The molecule has 1 aliphatic rings. The molecule has 2 atom stereocenters. The molecule has 0 amide bonds. The van der Waals surface area contributed by atoms with Crippen LogP contribution in [-0.2, 0) is 0 Å². The van der Waals surface area contributed by atoms with Crippen molar-refractivity contribution in [2.24, 2.45) is 0 Å². The van der Waals surface area contributed by atoms with E-state index in [1.807, 2.05) is 19.2 Å². The van der Waals surface area contributed by atoms with Gasteiger partial charge < -0.3 is 14.5 Å². The van der Waals surface area contributed by atoms with Gasteiger partial charge in [0.05, 0.1) is 12.1 Å². The first kappa shape index (κ1) is 13.2. The molecule has 2 unspecified atom stereocenters. The lowest BCUT2D eigenvalue weighted by molar-refractivity contribution is 0.0918. The Morgan fingerprint density at radius 3 is 2.94 bits per heavy atom. The Morgan fingerprint density at radius 1 is 1.56 bits per heavy atom. The maximum absolute atomic E-state index is 6.04. The molecule has 5 heteroatoms. The van der Waals surface area contributed by atoms with Crippen molar-refractivity contribution in [1.82, 2.24) is 14.8 Å². The summed E-state index contributed by atoms with van der Waals surface area (Å²) in [6, 6.07) is 4.14. The Bertz CT molecular complexity index is 450. The summed E-state index contributed by atoms with van der Waals surface area (Å²) in [6.45, 7) is 2.92. The number of nitrogens with zero attached hydrogens (tertiary/aromatic N) is 3. The van der Waals surface area contributed by atoms with Gasteiger partial charge in [-0.2, -0.15) is 0 Å². The standard InChI is InChI=1S/C13H19N3OS/c1-9(15(2)3)11-8-16(4)13(18)10-6-5-7-14-12(10)17-11/h5-7,9,11H,8H2,1-4H3. The lowest BCUT2D eigenvalue weighted by Crippen LogP contribution is -2.46. The van der Waals surface area contributed by atoms with Crippen molar-refractivity contribution in [3.05, 3.63) is 23.9 Å². The Kier molecular flexibility index (Phi) is 3.82. The Labute approximate surface area is 114 Å². The third-order valence-corrected chi connectivity index (χ3v) is 3.95. The topological polar surface area (TPSA) is 28.6 Å². The predicted octanol–water partition coefficient (Wildman–Crippen LogP) is 1.40. The molecule has 0 aliphatic carbocycles. The van der Waals surface area contributed by atoms with E-state index in [1.165, 1.54) is 0 Å². The molecule has 0 N–H and O–H groups in total. The summed E-state index contributed by atoms with van der Waals surface area (Å²) < 4.78 is 6.04. The summed E-state index contributed by atoms with van der Waals surface area (Å²) in [5.41, 5.74) is 0.906. The Balaban J connectivity index is 2.34. The molecule has 0 saturated heterocycles. The molecule has 2 rings (SSSR count). The van der Waals surface area contributed by atoms with Crippen molar-refractivity contribution in [2.45, 2.75) is 19.1 Å². The summed E-state index contributed by atoms with van der Waals surface area (Å²) in [7, 11) is 6.11. The van der Waals surface area contributed by atoms with Gasteiger partial charge in [-0.3, -0.25) is 0 Å². The first-order valence-electron chi connectivity index (χ1n) is 6.04. The highest BCUT2D eigenvalue weighted by molar-refractivity contribution is 7.80. The zero-order chi connectivity index (χ0) is 13.3. The van der Waals surface area contributed by atoms with E-state index in [2.05, 4.69) is 35.8 Å². The molecule has 0 saturated carbocycles. The van der Waals surface area contributed by atoms with Crippen LogP contribution in [0.3, 0.4) is 0 Å². The molecule has 1 aromatic rings. The van der Waals surface area contributed by atoms with E-state index >= 15 is 0 Å². The second-order valence-electron chi connectivity index (χ2n) is 4.90. The molecule has 0 aromatic carbocycles. The maximum atomic E-state index is 6.04. The first-order chi connectivity index (χ1) is 8.50. The number of hydrogen-bond acceptors (Lipinski definition) is 4. The minimum Gasteiger partial charge on any atom is -0.470 e. The van der Waals surface area contributed by atoms with E-state index in [9.17, 15) is 0 Å². The fourth-order valence-corrected chi connectivity index (χ4v) is 2.20. The van der Waals surface area contributed by atoms with Gasteiger partial charge in [0.15, 0.2) is 0 Å². The van der Waals surface area contributed by atoms with Crippen LogP contribution in [0.2, 0.25) is 0 Å². The van der Waals surface area contributed by atoms with Crippen molar-refractivity contribution in [3.63, 3.8) is 0 Å². The highest BCUT2D eigenvalue weighted by Gasteiger charge is 2.29. The molecule has 0 radical (unpaired) electrons. The van der Waals surface area contributed by atoms with Crippen LogP contribution in [0.4, 0.5) is 0 Å². The molecular weight excluding hydrogens is 246 g/mol. The molecule has 0 spiro atoms. The second kappa shape index (κ2) is 5.20. The minimum absolute atomic E-state index is 0.0547. The average molecular weight is 265 g/mol. The molecule has 1 aliphatic heterocycles. The number of aromatic nitrogens is 1. The predicted molar refractivity (Wildman–Crippen MR) is 76.1 cm³/mol. The SMILES string of the molecule is CC(C1CN(C)C(=S)c2cccnc2O1)N(C)C. The summed E-state index contributed by atoms with van der Waals surface area (Å²) in [4.78, 5) is 9.31. The van der Waals surface area contributed by atoms with Gasteiger partial charge in [0.1, 0.15) is 11.1 Å². The van der Waals surface area contributed by atoms with E-state index in [4.69, 9.17) is 17.0 Å². The van der Waals surface area contributed by atoms with Gasteiger partial charge in [0, 0.05) is 19.3 Å². The molecular formula is C13H19N3OS. The van der Waals surface area contributed by atoms with Crippen molar-refractivity contribution in [1.29, 1.82) is 0 Å². The lowest BCUT2D eigenvalue weighted by Gasteiger charge is -2.30. The fourth-order valence-electron chi connectivity index (χ4n) is 1.97. The Morgan fingerprint density at radius 2 is 2.28 bits per heavy atom. The molecule has 0 fully saturated rings. The molecule has 2 heterocycles. The van der Waals surface area contributed by atoms with Crippen molar-refractivity contribution < 1.29 is 4.74 Å². The number of rotatable bonds is 2. The highest BCUT2D eigenvalue weighted by atomic mass is 32.1. The first-order valence-corrected chi connectivity index (χ1v) is 6.45. The number of likely N-dealkylation sites (N-methyl/N-ethyl adjacent to an activating group) is 2. The third kappa shape index (κ3) is 2.47. The van der Waals surface area contributed by atoms with Crippen LogP contribution >= 0.6 is 12.2 Å². The zero-order valence-electron chi connectivity index (χ0n) is 11.3. The van der Waals surface area contributed by atoms with Crippen molar-refractivity contribution >= 4 is 17.2 Å². The van der Waals surface area contributed by atoms with E-state index < -0.39 is 0 Å². The monoisotopic (exact) mass is 265 g/mol. The van der Waals surface area contributed by atoms with Crippen LogP contribution in [0.25, 0.3) is 0 Å². The van der Waals surface area contributed by atoms with Gasteiger partial charge in [-0.25, -0.2) is 4.98 Å². The molecule has 4 nitrogen and oxygen atoms in total. The van der Waals surface area contributed by atoms with Gasteiger partial charge >= 0.3 is 0 Å². The van der Waals surface area contributed by atoms with Gasteiger partial charge in [0.2, 0.25) is 5.88 Å². The van der Waals surface area contributed by atoms with Crippen LogP contribution in [0.1, 0.15) is 12.5 Å². The van der Waals surface area contributed by atoms with Gasteiger partial charge in [0.25, 0.3) is 0 Å².